The fourth-order valence-corrected chi connectivity index (χ4v) is 1.56. The summed E-state index contributed by atoms with van der Waals surface area (Å²) < 4.78 is 0. The van der Waals surface area contributed by atoms with Gasteiger partial charge in [0.15, 0.2) is 0 Å². The minimum Gasteiger partial charge on any atom is -0.391 e. The van der Waals surface area contributed by atoms with Crippen LogP contribution in [0.2, 0.25) is 0 Å². The molecule has 4 nitrogen and oxygen atoms in total. The molecule has 0 aliphatic heterocycles. The zero-order chi connectivity index (χ0) is 15.1. The molecule has 0 fully saturated rings. The van der Waals surface area contributed by atoms with E-state index in [1.54, 1.807) is 6.08 Å². The van der Waals surface area contributed by atoms with Crippen LogP contribution in [0.4, 0.5) is 5.69 Å². The Morgan fingerprint density at radius 3 is 2.40 bits per heavy atom. The van der Waals surface area contributed by atoms with E-state index in [0.29, 0.717) is 0 Å². The molecule has 0 aliphatic carbocycles. The average Bonchev–Trinajstić information content (AvgIpc) is 2.42. The maximum atomic E-state index is 11.6. The van der Waals surface area contributed by atoms with Gasteiger partial charge in [-0.3, -0.25) is 4.79 Å². The average molecular weight is 276 g/mol. The van der Waals surface area contributed by atoms with E-state index in [-0.39, 0.29) is 18.4 Å². The van der Waals surface area contributed by atoms with E-state index in [0.717, 1.165) is 11.3 Å². The Balaban J connectivity index is 2.49. The first kappa shape index (κ1) is 16.2. The zero-order valence-corrected chi connectivity index (χ0v) is 12.6. The molecule has 4 heteroatoms. The molecule has 0 aliphatic rings. The number of amides is 1. The second kappa shape index (κ2) is 7.70. The number of aliphatic hydroxyl groups is 1. The molecule has 0 bridgehead atoms. The monoisotopic (exact) mass is 276 g/mol. The number of nitrogens with one attached hydrogen (secondary N) is 1. The number of hydrogen-bond donors (Lipinski definition) is 2. The van der Waals surface area contributed by atoms with Crippen LogP contribution in [0.1, 0.15) is 19.4 Å². The molecule has 1 unspecified atom stereocenters. The number of anilines is 1. The molecular weight excluding hydrogens is 252 g/mol. The Labute approximate surface area is 121 Å². The fourth-order valence-electron chi connectivity index (χ4n) is 1.56. The molecular formula is C16H24N2O2. The Bertz CT molecular complexity index is 450. The minimum atomic E-state index is -0.508. The first-order valence-corrected chi connectivity index (χ1v) is 6.81. The summed E-state index contributed by atoms with van der Waals surface area (Å²) in [5.74, 6) is -0.0563. The Kier molecular flexibility index (Phi) is 6.25. The lowest BCUT2D eigenvalue weighted by molar-refractivity contribution is -0.117. The molecule has 20 heavy (non-hydrogen) atoms. The highest BCUT2D eigenvalue weighted by molar-refractivity contribution is 5.91. The van der Waals surface area contributed by atoms with Crippen LogP contribution >= 0.6 is 0 Å². The van der Waals surface area contributed by atoms with E-state index >= 15 is 0 Å². The minimum absolute atomic E-state index is 0.137. The number of carbonyl (C=O) groups excluding carboxylic acids is 1. The van der Waals surface area contributed by atoms with Crippen molar-refractivity contribution in [2.75, 3.05) is 25.5 Å². The summed E-state index contributed by atoms with van der Waals surface area (Å²) in [6.07, 6.45) is 2.74. The number of carbonyl (C=O) groups is 1. The van der Waals surface area contributed by atoms with E-state index < -0.39 is 6.10 Å². The molecule has 0 radical (unpaired) electrons. The molecule has 2 N–H and O–H groups in total. The van der Waals surface area contributed by atoms with E-state index in [2.05, 4.69) is 5.32 Å². The number of aliphatic hydroxyl groups excluding tert-OH is 1. The van der Waals surface area contributed by atoms with Crippen LogP contribution < -0.4 is 10.2 Å². The quantitative estimate of drug-likeness (QED) is 0.780. The van der Waals surface area contributed by atoms with Crippen LogP contribution in [0.3, 0.4) is 0 Å². The van der Waals surface area contributed by atoms with Crippen molar-refractivity contribution in [3.05, 3.63) is 35.9 Å². The summed E-state index contributed by atoms with van der Waals surface area (Å²) in [6.45, 7) is 4.11. The molecule has 0 aromatic heterocycles. The third-order valence-electron chi connectivity index (χ3n) is 3.09. The van der Waals surface area contributed by atoms with E-state index in [4.69, 9.17) is 0 Å². The number of hydrogen-bond acceptors (Lipinski definition) is 3. The molecule has 0 spiro atoms. The van der Waals surface area contributed by atoms with Crippen molar-refractivity contribution in [3.8, 4) is 0 Å². The number of nitrogens with zero attached hydrogens (tertiary/aromatic N) is 1. The fraction of sp³-hybridized carbons (Fsp3) is 0.438. The predicted molar refractivity (Wildman–Crippen MR) is 83.7 cm³/mol. The van der Waals surface area contributed by atoms with Gasteiger partial charge in [-0.25, -0.2) is 0 Å². The lowest BCUT2D eigenvalue weighted by Crippen LogP contribution is -2.33. The van der Waals surface area contributed by atoms with E-state index in [1.165, 1.54) is 6.08 Å². The second-order valence-electron chi connectivity index (χ2n) is 5.38. The second-order valence-corrected chi connectivity index (χ2v) is 5.38. The van der Waals surface area contributed by atoms with Crippen molar-refractivity contribution >= 4 is 17.7 Å². The SMILES string of the molecule is CC(C)C(O)CNC(=O)/C=C/c1ccc(N(C)C)cc1. The van der Waals surface area contributed by atoms with Gasteiger partial charge in [0, 0.05) is 32.4 Å². The number of rotatable bonds is 6. The normalized spacial score (nSPS) is 12.7. The van der Waals surface area contributed by atoms with Gasteiger partial charge < -0.3 is 15.3 Å². The maximum Gasteiger partial charge on any atom is 0.244 e. The van der Waals surface area contributed by atoms with Crippen LogP contribution in [0, 0.1) is 5.92 Å². The molecule has 1 atom stereocenters. The third kappa shape index (κ3) is 5.45. The standard InChI is InChI=1S/C16H24N2O2/c1-12(2)15(19)11-17-16(20)10-7-13-5-8-14(9-6-13)18(3)4/h5-10,12,15,19H,11H2,1-4H3,(H,17,20)/b10-7+. The van der Waals surface area contributed by atoms with Gasteiger partial charge in [0.1, 0.15) is 0 Å². The third-order valence-corrected chi connectivity index (χ3v) is 3.09. The number of benzene rings is 1. The molecule has 1 aromatic rings. The van der Waals surface area contributed by atoms with Crippen LogP contribution in [-0.2, 0) is 4.79 Å². The molecule has 1 rings (SSSR count). The van der Waals surface area contributed by atoms with Gasteiger partial charge in [0.2, 0.25) is 5.91 Å². The van der Waals surface area contributed by atoms with Crippen molar-refractivity contribution in [3.63, 3.8) is 0 Å². The highest BCUT2D eigenvalue weighted by atomic mass is 16.3. The van der Waals surface area contributed by atoms with Gasteiger partial charge in [-0.05, 0) is 29.7 Å². The van der Waals surface area contributed by atoms with Crippen molar-refractivity contribution in [1.29, 1.82) is 0 Å². The van der Waals surface area contributed by atoms with Crippen LogP contribution in [-0.4, -0.2) is 37.8 Å². The zero-order valence-electron chi connectivity index (χ0n) is 12.6. The topological polar surface area (TPSA) is 52.6 Å². The van der Waals surface area contributed by atoms with Gasteiger partial charge in [-0.2, -0.15) is 0 Å². The van der Waals surface area contributed by atoms with Crippen LogP contribution in [0.15, 0.2) is 30.3 Å². The highest BCUT2D eigenvalue weighted by Crippen LogP contribution is 2.13. The largest absolute Gasteiger partial charge is 0.391 e. The Hall–Kier alpha value is -1.81. The highest BCUT2D eigenvalue weighted by Gasteiger charge is 2.09. The first-order chi connectivity index (χ1) is 9.40. The summed E-state index contributed by atoms with van der Waals surface area (Å²) >= 11 is 0. The van der Waals surface area contributed by atoms with Crippen molar-refractivity contribution in [1.82, 2.24) is 5.32 Å². The Morgan fingerprint density at radius 1 is 1.30 bits per heavy atom. The molecule has 0 saturated carbocycles. The smallest absolute Gasteiger partial charge is 0.244 e. The van der Waals surface area contributed by atoms with Gasteiger partial charge in [-0.15, -0.1) is 0 Å². The first-order valence-electron chi connectivity index (χ1n) is 6.81. The van der Waals surface area contributed by atoms with Gasteiger partial charge in [0.25, 0.3) is 0 Å². The van der Waals surface area contributed by atoms with Gasteiger partial charge in [0.05, 0.1) is 6.10 Å². The Morgan fingerprint density at radius 2 is 1.90 bits per heavy atom. The van der Waals surface area contributed by atoms with Crippen molar-refractivity contribution in [2.24, 2.45) is 5.92 Å². The van der Waals surface area contributed by atoms with Crippen LogP contribution in [0.25, 0.3) is 6.08 Å². The summed E-state index contributed by atoms with van der Waals surface area (Å²) in [4.78, 5) is 13.6. The molecule has 0 heterocycles. The molecule has 0 saturated heterocycles. The van der Waals surface area contributed by atoms with Crippen LogP contribution in [0.5, 0.6) is 0 Å². The summed E-state index contributed by atoms with van der Waals surface area (Å²) in [5, 5.41) is 12.3. The summed E-state index contributed by atoms with van der Waals surface area (Å²) in [6, 6.07) is 7.92. The molecule has 1 aromatic carbocycles. The van der Waals surface area contributed by atoms with Gasteiger partial charge >= 0.3 is 0 Å². The molecule has 110 valence electrons. The molecule has 1 amide bonds. The summed E-state index contributed by atoms with van der Waals surface area (Å²) in [5.41, 5.74) is 2.09. The predicted octanol–water partition coefficient (Wildman–Crippen LogP) is 1.90. The maximum absolute atomic E-state index is 11.6. The van der Waals surface area contributed by atoms with Crippen molar-refractivity contribution < 1.29 is 9.90 Å². The van der Waals surface area contributed by atoms with E-state index in [1.807, 2.05) is 57.1 Å². The lowest BCUT2D eigenvalue weighted by Gasteiger charge is -2.14. The van der Waals surface area contributed by atoms with Crippen molar-refractivity contribution in [2.45, 2.75) is 20.0 Å². The summed E-state index contributed by atoms with van der Waals surface area (Å²) in [7, 11) is 3.97. The lowest BCUT2D eigenvalue weighted by atomic mass is 10.1. The van der Waals surface area contributed by atoms with E-state index in [9.17, 15) is 9.90 Å². The van der Waals surface area contributed by atoms with Gasteiger partial charge in [-0.1, -0.05) is 26.0 Å².